The maximum absolute atomic E-state index is 12.0. The number of ether oxygens (including phenoxy) is 2. The van der Waals surface area contributed by atoms with Gasteiger partial charge in [0, 0.05) is 14.1 Å². The first-order valence-electron chi connectivity index (χ1n) is 8.25. The van der Waals surface area contributed by atoms with E-state index in [0.717, 1.165) is 9.13 Å². The van der Waals surface area contributed by atoms with Crippen molar-refractivity contribution in [2.24, 2.45) is 0 Å². The van der Waals surface area contributed by atoms with Gasteiger partial charge in [0.15, 0.2) is 11.5 Å². The Balaban J connectivity index is 2.30. The second-order valence-electron chi connectivity index (χ2n) is 6.18. The number of carbonyl (C=O) groups is 1. The number of carbonyl (C=O) groups excluding carboxylic acids is 1. The molecule has 0 saturated heterocycles. The maximum atomic E-state index is 12.0. The molecule has 1 amide bonds. The predicted octanol–water partition coefficient (Wildman–Crippen LogP) is 4.18. The Morgan fingerprint density at radius 3 is 2.48 bits per heavy atom. The zero-order valence-electron chi connectivity index (χ0n) is 15.7. The standard InChI is InChI=1S/C21H21IN2O3/c1-14-5-7-15(8-6-14)13-27-20-18(22)10-16(11-19(20)26-4)9-17(12-23)21(25)24(2)3/h5-11H,13H2,1-4H3/b17-9-. The molecule has 0 atom stereocenters. The van der Waals surface area contributed by atoms with Crippen LogP contribution in [-0.4, -0.2) is 32.0 Å². The van der Waals surface area contributed by atoms with E-state index < -0.39 is 0 Å². The Hall–Kier alpha value is -2.53. The normalized spacial score (nSPS) is 10.9. The zero-order chi connectivity index (χ0) is 20.0. The van der Waals surface area contributed by atoms with Crippen molar-refractivity contribution in [3.8, 4) is 17.6 Å². The largest absolute Gasteiger partial charge is 0.493 e. The number of likely N-dealkylation sites (N-methyl/N-ethyl adjacent to an activating group) is 1. The lowest BCUT2D eigenvalue weighted by Crippen LogP contribution is -2.22. The summed E-state index contributed by atoms with van der Waals surface area (Å²) in [4.78, 5) is 13.4. The number of hydrogen-bond donors (Lipinski definition) is 0. The minimum atomic E-state index is -0.342. The molecule has 0 spiro atoms. The van der Waals surface area contributed by atoms with Crippen LogP contribution < -0.4 is 9.47 Å². The molecule has 0 aromatic heterocycles. The van der Waals surface area contributed by atoms with E-state index in [1.54, 1.807) is 33.3 Å². The summed E-state index contributed by atoms with van der Waals surface area (Å²) in [5, 5.41) is 9.26. The monoisotopic (exact) mass is 476 g/mol. The van der Waals surface area contributed by atoms with Crippen LogP contribution in [0, 0.1) is 21.8 Å². The molecule has 2 rings (SSSR count). The lowest BCUT2D eigenvalue weighted by Gasteiger charge is -2.14. The van der Waals surface area contributed by atoms with Gasteiger partial charge >= 0.3 is 0 Å². The van der Waals surface area contributed by atoms with E-state index >= 15 is 0 Å². The molecule has 27 heavy (non-hydrogen) atoms. The molecular weight excluding hydrogens is 455 g/mol. The molecule has 0 unspecified atom stereocenters. The van der Waals surface area contributed by atoms with Gasteiger partial charge in [0.25, 0.3) is 5.91 Å². The fourth-order valence-electron chi connectivity index (χ4n) is 2.35. The van der Waals surface area contributed by atoms with E-state index in [4.69, 9.17) is 9.47 Å². The highest BCUT2D eigenvalue weighted by atomic mass is 127. The fraction of sp³-hybridized carbons (Fsp3) is 0.238. The van der Waals surface area contributed by atoms with Crippen LogP contribution in [0.4, 0.5) is 0 Å². The summed E-state index contributed by atoms with van der Waals surface area (Å²) in [6.45, 7) is 2.46. The van der Waals surface area contributed by atoms with E-state index in [-0.39, 0.29) is 11.5 Å². The molecule has 0 aliphatic carbocycles. The maximum Gasteiger partial charge on any atom is 0.264 e. The molecule has 0 aliphatic heterocycles. The van der Waals surface area contributed by atoms with Gasteiger partial charge in [-0.25, -0.2) is 0 Å². The number of rotatable bonds is 6. The van der Waals surface area contributed by atoms with Crippen LogP contribution >= 0.6 is 22.6 Å². The summed E-state index contributed by atoms with van der Waals surface area (Å²) in [7, 11) is 4.79. The third-order valence-electron chi connectivity index (χ3n) is 3.82. The number of amides is 1. The van der Waals surface area contributed by atoms with Gasteiger partial charge in [0.2, 0.25) is 0 Å². The first-order chi connectivity index (χ1) is 12.8. The van der Waals surface area contributed by atoms with Crippen molar-refractivity contribution in [1.82, 2.24) is 4.90 Å². The summed E-state index contributed by atoms with van der Waals surface area (Å²) >= 11 is 2.16. The number of benzene rings is 2. The molecule has 0 saturated carbocycles. The second-order valence-corrected chi connectivity index (χ2v) is 7.34. The average molecular weight is 476 g/mol. The highest BCUT2D eigenvalue weighted by Crippen LogP contribution is 2.35. The highest BCUT2D eigenvalue weighted by Gasteiger charge is 2.15. The van der Waals surface area contributed by atoms with Crippen molar-refractivity contribution in [1.29, 1.82) is 5.26 Å². The third-order valence-corrected chi connectivity index (χ3v) is 4.62. The summed E-state index contributed by atoms with van der Waals surface area (Å²) in [5.74, 6) is 0.842. The van der Waals surface area contributed by atoms with Gasteiger partial charge in [-0.3, -0.25) is 4.79 Å². The van der Waals surface area contributed by atoms with Gasteiger partial charge in [-0.05, 0) is 58.9 Å². The van der Waals surface area contributed by atoms with Crippen molar-refractivity contribution >= 4 is 34.6 Å². The molecule has 0 radical (unpaired) electrons. The fourth-order valence-corrected chi connectivity index (χ4v) is 3.13. The van der Waals surface area contributed by atoms with Gasteiger partial charge < -0.3 is 14.4 Å². The van der Waals surface area contributed by atoms with Crippen molar-refractivity contribution in [2.75, 3.05) is 21.2 Å². The van der Waals surface area contributed by atoms with E-state index in [2.05, 4.69) is 22.6 Å². The van der Waals surface area contributed by atoms with Crippen molar-refractivity contribution in [3.63, 3.8) is 0 Å². The zero-order valence-corrected chi connectivity index (χ0v) is 17.9. The van der Waals surface area contributed by atoms with Gasteiger partial charge in [-0.15, -0.1) is 0 Å². The van der Waals surface area contributed by atoms with E-state index in [1.807, 2.05) is 43.3 Å². The number of methoxy groups -OCH3 is 1. The molecular formula is C21H21IN2O3. The average Bonchev–Trinajstić information content (AvgIpc) is 2.65. The smallest absolute Gasteiger partial charge is 0.264 e. The van der Waals surface area contributed by atoms with Crippen LogP contribution in [0.2, 0.25) is 0 Å². The number of halogens is 1. The molecule has 5 nitrogen and oxygen atoms in total. The molecule has 6 heteroatoms. The van der Waals surface area contributed by atoms with Gasteiger partial charge in [0.05, 0.1) is 10.7 Å². The molecule has 0 N–H and O–H groups in total. The lowest BCUT2D eigenvalue weighted by molar-refractivity contribution is -0.124. The van der Waals surface area contributed by atoms with Gasteiger partial charge in [-0.2, -0.15) is 5.26 Å². The van der Waals surface area contributed by atoms with Crippen LogP contribution in [0.3, 0.4) is 0 Å². The van der Waals surface area contributed by atoms with Crippen LogP contribution in [0.25, 0.3) is 6.08 Å². The quantitative estimate of drug-likeness (QED) is 0.357. The van der Waals surface area contributed by atoms with Crippen molar-refractivity contribution < 1.29 is 14.3 Å². The first-order valence-corrected chi connectivity index (χ1v) is 9.33. The molecule has 2 aromatic rings. The molecule has 0 bridgehead atoms. The van der Waals surface area contributed by atoms with Crippen LogP contribution in [0.5, 0.6) is 11.5 Å². The highest BCUT2D eigenvalue weighted by molar-refractivity contribution is 14.1. The minimum Gasteiger partial charge on any atom is -0.493 e. The Morgan fingerprint density at radius 1 is 1.26 bits per heavy atom. The second kappa shape index (κ2) is 9.42. The summed E-state index contributed by atoms with van der Waals surface area (Å²) in [6, 6.07) is 13.7. The van der Waals surface area contributed by atoms with E-state index in [9.17, 15) is 10.1 Å². The number of aryl methyl sites for hydroxylation is 1. The number of nitrogens with zero attached hydrogens (tertiary/aromatic N) is 2. The molecule has 140 valence electrons. The first kappa shape index (κ1) is 20.8. The number of nitriles is 1. The predicted molar refractivity (Wildman–Crippen MR) is 114 cm³/mol. The summed E-state index contributed by atoms with van der Waals surface area (Å²) in [6.07, 6.45) is 1.55. The van der Waals surface area contributed by atoms with Gasteiger partial charge in [0.1, 0.15) is 18.2 Å². The Morgan fingerprint density at radius 2 is 1.93 bits per heavy atom. The summed E-state index contributed by atoms with van der Waals surface area (Å²) in [5.41, 5.74) is 3.02. The molecule has 0 fully saturated rings. The Labute approximate surface area is 173 Å². The van der Waals surface area contributed by atoms with E-state index in [1.165, 1.54) is 10.5 Å². The Kier molecular flexibility index (Phi) is 7.25. The number of hydrogen-bond acceptors (Lipinski definition) is 4. The van der Waals surface area contributed by atoms with E-state index in [0.29, 0.717) is 23.7 Å². The molecule has 0 heterocycles. The van der Waals surface area contributed by atoms with Crippen LogP contribution in [-0.2, 0) is 11.4 Å². The molecule has 0 aliphatic rings. The van der Waals surface area contributed by atoms with Crippen molar-refractivity contribution in [3.05, 3.63) is 62.2 Å². The SMILES string of the molecule is COc1cc(/C=C(/C#N)C(=O)N(C)C)cc(I)c1OCc1ccc(C)cc1. The topological polar surface area (TPSA) is 62.6 Å². The lowest BCUT2D eigenvalue weighted by atomic mass is 10.1. The summed E-state index contributed by atoms with van der Waals surface area (Å²) < 4.78 is 12.3. The minimum absolute atomic E-state index is 0.0613. The third kappa shape index (κ3) is 5.47. The molecule has 2 aromatic carbocycles. The van der Waals surface area contributed by atoms with Crippen LogP contribution in [0.1, 0.15) is 16.7 Å². The van der Waals surface area contributed by atoms with Crippen LogP contribution in [0.15, 0.2) is 42.0 Å². The van der Waals surface area contributed by atoms with Crippen molar-refractivity contribution in [2.45, 2.75) is 13.5 Å². The van der Waals surface area contributed by atoms with Gasteiger partial charge in [-0.1, -0.05) is 29.8 Å². The Bertz CT molecular complexity index is 897.